The molecule has 2 aromatic carbocycles. The van der Waals surface area contributed by atoms with Crippen LogP contribution >= 0.6 is 0 Å². The Morgan fingerprint density at radius 3 is 1.93 bits per heavy atom. The molecule has 212 valence electrons. The highest BCUT2D eigenvalue weighted by atomic mass is 16.5. The summed E-state index contributed by atoms with van der Waals surface area (Å²) in [5, 5.41) is 42.9. The fourth-order valence-corrected chi connectivity index (χ4v) is 4.33. The van der Waals surface area contributed by atoms with Crippen LogP contribution in [0.15, 0.2) is 58.5 Å². The van der Waals surface area contributed by atoms with E-state index >= 15 is 0 Å². The number of phenols is 2. The molecule has 0 aromatic heterocycles. The number of carboxylic acids is 1. The van der Waals surface area contributed by atoms with Gasteiger partial charge in [0, 0.05) is 6.54 Å². The Hall–Kier alpha value is -4.65. The number of phenolic OH excluding ortho intramolecular Hbond substituents is 2. The van der Waals surface area contributed by atoms with Crippen LogP contribution in [-0.2, 0) is 23.9 Å². The molecule has 2 aromatic rings. The fourth-order valence-electron chi connectivity index (χ4n) is 4.33. The van der Waals surface area contributed by atoms with Crippen molar-refractivity contribution in [1.29, 1.82) is 0 Å². The molecule has 5 unspecified atom stereocenters. The van der Waals surface area contributed by atoms with Gasteiger partial charge < -0.3 is 30.1 Å². The molecule has 4 rings (SSSR count). The van der Waals surface area contributed by atoms with Crippen LogP contribution in [0.2, 0.25) is 0 Å². The van der Waals surface area contributed by atoms with Gasteiger partial charge in [0.05, 0.1) is 11.1 Å². The van der Waals surface area contributed by atoms with E-state index in [2.05, 4.69) is 15.3 Å². The minimum Gasteiger partial charge on any atom is -0.507 e. The van der Waals surface area contributed by atoms with Crippen molar-refractivity contribution in [3.63, 3.8) is 0 Å². The molecule has 0 saturated carbocycles. The van der Waals surface area contributed by atoms with Gasteiger partial charge in [0.1, 0.15) is 29.7 Å². The summed E-state index contributed by atoms with van der Waals surface area (Å²) in [6.07, 6.45) is -1.46. The molecule has 40 heavy (non-hydrogen) atoms. The van der Waals surface area contributed by atoms with Gasteiger partial charge >= 0.3 is 5.97 Å². The molecule has 0 aliphatic carbocycles. The molecule has 2 heterocycles. The monoisotopic (exact) mass is 554 g/mol. The van der Waals surface area contributed by atoms with E-state index in [-0.39, 0.29) is 42.7 Å². The molecule has 2 aliphatic heterocycles. The van der Waals surface area contributed by atoms with Crippen LogP contribution < -0.4 is 5.32 Å². The Labute approximate surface area is 229 Å². The minimum atomic E-state index is -1.31. The molecular formula is C27H30N4O9. The number of ether oxygens (including phenoxy) is 2. The number of carboxylic acid groups (broad SMARTS) is 1. The Kier molecular flexibility index (Phi) is 8.53. The number of amides is 2. The van der Waals surface area contributed by atoms with Crippen LogP contribution in [0, 0.1) is 0 Å². The van der Waals surface area contributed by atoms with Crippen molar-refractivity contribution in [3.8, 4) is 11.5 Å². The van der Waals surface area contributed by atoms with Crippen LogP contribution in [0.25, 0.3) is 0 Å². The minimum absolute atomic E-state index is 0.0423. The lowest BCUT2D eigenvalue weighted by molar-refractivity contribution is -0.168. The van der Waals surface area contributed by atoms with E-state index in [1.165, 1.54) is 12.1 Å². The topological polar surface area (TPSA) is 191 Å². The molecule has 0 saturated heterocycles. The van der Waals surface area contributed by atoms with Gasteiger partial charge in [0.25, 0.3) is 5.91 Å². The molecule has 2 aliphatic rings. The summed E-state index contributed by atoms with van der Waals surface area (Å²) < 4.78 is 11.2. The van der Waals surface area contributed by atoms with E-state index < -0.39 is 48.1 Å². The van der Waals surface area contributed by atoms with E-state index in [9.17, 15) is 34.9 Å². The average molecular weight is 555 g/mol. The van der Waals surface area contributed by atoms with Crippen LogP contribution in [0.5, 0.6) is 11.5 Å². The smallest absolute Gasteiger partial charge is 0.326 e. The highest BCUT2D eigenvalue weighted by molar-refractivity contribution is 6.01. The highest BCUT2D eigenvalue weighted by Gasteiger charge is 2.38. The van der Waals surface area contributed by atoms with Gasteiger partial charge in [-0.15, -0.1) is 0 Å². The maximum absolute atomic E-state index is 12.8. The normalized spacial score (nSPS) is 22.4. The third-order valence-electron chi connectivity index (χ3n) is 6.52. The van der Waals surface area contributed by atoms with Gasteiger partial charge in [-0.1, -0.05) is 24.3 Å². The summed E-state index contributed by atoms with van der Waals surface area (Å²) in [4.78, 5) is 45.9. The van der Waals surface area contributed by atoms with Gasteiger partial charge in [-0.25, -0.2) is 19.8 Å². The van der Waals surface area contributed by atoms with Crippen molar-refractivity contribution in [2.45, 2.75) is 57.0 Å². The Bertz CT molecular complexity index is 1340. The first-order valence-corrected chi connectivity index (χ1v) is 12.7. The number of rotatable bonds is 10. The van der Waals surface area contributed by atoms with Crippen molar-refractivity contribution < 1.29 is 44.4 Å². The summed E-state index contributed by atoms with van der Waals surface area (Å²) in [6, 6.07) is 9.28. The number of carbonyl (C=O) groups is 3. The third-order valence-corrected chi connectivity index (χ3v) is 6.52. The molecule has 0 bridgehead atoms. The zero-order chi connectivity index (χ0) is 29.0. The number of hydrogen-bond acceptors (Lipinski definition) is 10. The average Bonchev–Trinajstić information content (AvgIpc) is 3.50. The number of para-hydroxylation sites is 2. The number of nitrogens with zero attached hydrogens (tertiary/aromatic N) is 3. The summed E-state index contributed by atoms with van der Waals surface area (Å²) in [5.41, 5.74) is 0.624. The first-order chi connectivity index (χ1) is 19.1. The summed E-state index contributed by atoms with van der Waals surface area (Å²) in [6.45, 7) is 2.98. The second kappa shape index (κ2) is 12.0. The van der Waals surface area contributed by atoms with Crippen molar-refractivity contribution in [1.82, 2.24) is 10.4 Å². The predicted molar refractivity (Wildman–Crippen MR) is 140 cm³/mol. The van der Waals surface area contributed by atoms with E-state index in [0.29, 0.717) is 16.2 Å². The predicted octanol–water partition coefficient (Wildman–Crippen LogP) is 1.43. The first-order valence-electron chi connectivity index (χ1n) is 12.7. The molecule has 0 fully saturated rings. The number of hydroxylamine groups is 2. The molecule has 2 amide bonds. The molecule has 5 N–H and O–H groups in total. The number of benzene rings is 2. The lowest BCUT2D eigenvalue weighted by Crippen LogP contribution is -2.47. The van der Waals surface area contributed by atoms with Crippen molar-refractivity contribution in [2.75, 3.05) is 6.54 Å². The summed E-state index contributed by atoms with van der Waals surface area (Å²) in [7, 11) is 0. The Morgan fingerprint density at radius 1 is 0.900 bits per heavy atom. The lowest BCUT2D eigenvalue weighted by atomic mass is 10.1. The molecule has 0 spiro atoms. The number of aliphatic imine (C=N–C) groups is 2. The molecule has 5 atom stereocenters. The highest BCUT2D eigenvalue weighted by Crippen LogP contribution is 2.26. The van der Waals surface area contributed by atoms with E-state index in [1.54, 1.807) is 50.2 Å². The van der Waals surface area contributed by atoms with Gasteiger partial charge in [-0.05, 0) is 51.0 Å². The fraction of sp³-hybridized carbons (Fsp3) is 0.370. The van der Waals surface area contributed by atoms with Crippen molar-refractivity contribution in [2.24, 2.45) is 9.98 Å². The van der Waals surface area contributed by atoms with Crippen LogP contribution in [0.1, 0.15) is 37.8 Å². The molecular weight excluding hydrogens is 524 g/mol. The summed E-state index contributed by atoms with van der Waals surface area (Å²) in [5.74, 6) is -2.71. The van der Waals surface area contributed by atoms with Crippen LogP contribution in [0.4, 0.5) is 0 Å². The van der Waals surface area contributed by atoms with E-state index in [4.69, 9.17) is 9.47 Å². The van der Waals surface area contributed by atoms with Crippen LogP contribution in [0.3, 0.4) is 0 Å². The van der Waals surface area contributed by atoms with Crippen LogP contribution in [-0.4, -0.2) is 92.0 Å². The van der Waals surface area contributed by atoms with E-state index in [0.717, 1.165) is 0 Å². The number of hydrogen-bond donors (Lipinski definition) is 5. The zero-order valence-electron chi connectivity index (χ0n) is 21.8. The number of carbonyl (C=O) groups excluding carboxylic acids is 2. The van der Waals surface area contributed by atoms with Crippen molar-refractivity contribution in [3.05, 3.63) is 59.7 Å². The van der Waals surface area contributed by atoms with E-state index in [1.807, 2.05) is 0 Å². The second-order valence-corrected chi connectivity index (χ2v) is 9.44. The summed E-state index contributed by atoms with van der Waals surface area (Å²) >= 11 is 0. The maximum atomic E-state index is 12.8. The largest absolute Gasteiger partial charge is 0.507 e. The third kappa shape index (κ3) is 6.15. The maximum Gasteiger partial charge on any atom is 0.326 e. The number of aromatic hydroxyl groups is 2. The molecule has 0 radical (unpaired) electrons. The first kappa shape index (κ1) is 28.4. The Balaban J connectivity index is 1.32. The Morgan fingerprint density at radius 2 is 1.40 bits per heavy atom. The second-order valence-electron chi connectivity index (χ2n) is 9.44. The quantitative estimate of drug-likeness (QED) is 0.214. The van der Waals surface area contributed by atoms with Gasteiger partial charge in [-0.3, -0.25) is 14.8 Å². The zero-order valence-corrected chi connectivity index (χ0v) is 21.8. The standard InChI is InChI=1S/C27H30N4O9/c1-14-21(29-24(39-14)16-8-3-5-11-19(16)32)23(34)28-18(27(36)37)10-7-13-31(38)26(35)22-15(2)40-25(30-22)17-9-4-6-12-20(17)33/h3-6,8-9,11-12,14-15,18,21-22,32-33,38H,7,10,13H2,1-2H3,(H,28,34)(H,36,37). The SMILES string of the molecule is CC1OC(c2ccccc2O)=NC1C(=O)NC(CCCN(O)C(=O)C1N=C(c2ccccc2O)OC1C)C(=O)O. The van der Waals surface area contributed by atoms with Gasteiger partial charge in [0.15, 0.2) is 12.1 Å². The van der Waals surface area contributed by atoms with Gasteiger partial charge in [-0.2, -0.15) is 0 Å². The number of aliphatic carboxylic acids is 1. The number of nitrogens with one attached hydrogen (secondary N) is 1. The lowest BCUT2D eigenvalue weighted by Gasteiger charge is -2.21. The molecule has 13 nitrogen and oxygen atoms in total. The van der Waals surface area contributed by atoms with Gasteiger partial charge in [0.2, 0.25) is 17.7 Å². The molecule has 13 heteroatoms. The van der Waals surface area contributed by atoms with Crippen molar-refractivity contribution >= 4 is 29.6 Å².